The first-order chi connectivity index (χ1) is 12.3. The van der Waals surface area contributed by atoms with Crippen LogP contribution in [0.1, 0.15) is 22.8 Å². The van der Waals surface area contributed by atoms with Crippen LogP contribution in [0.25, 0.3) is 10.2 Å². The number of rotatable bonds is 3. The first-order valence-corrected chi connectivity index (χ1v) is 8.67. The topological polar surface area (TPSA) is 34.4 Å². The van der Waals surface area contributed by atoms with Crippen molar-refractivity contribution in [3.05, 3.63) is 77.0 Å². The molecule has 2 radical (unpaired) electrons. The van der Waals surface area contributed by atoms with Gasteiger partial charge in [0, 0.05) is 17.7 Å². The Hall–Kier alpha value is -2.12. The largest absolute Gasteiger partial charge is 0.313 e. The molecule has 8 heteroatoms. The van der Waals surface area contributed by atoms with E-state index in [1.54, 1.807) is 0 Å². The van der Waals surface area contributed by atoms with Crippen molar-refractivity contribution in [1.29, 1.82) is 0 Å². The van der Waals surface area contributed by atoms with Crippen LogP contribution in [0.15, 0.2) is 35.3 Å². The standard InChI is InChI=1S/C18H12ClF3N2OS/c1-3-9(2)24-15-7-13(21)14(22)8-16(15)26-18(24)23-17(25)10-4-5-12(20)11(19)6-10/h4-9H,1-3H2. The quantitative estimate of drug-likeness (QED) is 0.605. The van der Waals surface area contributed by atoms with Crippen LogP contribution in [0.3, 0.4) is 0 Å². The molecule has 1 amide bonds. The lowest BCUT2D eigenvalue weighted by molar-refractivity contribution is 0.0997. The number of nitrogens with zero attached hydrogens (tertiary/aromatic N) is 2. The molecule has 0 N–H and O–H groups in total. The average molecular weight is 397 g/mol. The van der Waals surface area contributed by atoms with Crippen LogP contribution in [0.4, 0.5) is 13.2 Å². The van der Waals surface area contributed by atoms with Crippen molar-refractivity contribution in [2.75, 3.05) is 0 Å². The molecule has 3 aromatic rings. The Labute approximate surface area is 156 Å². The molecule has 0 aliphatic carbocycles. The first kappa shape index (κ1) is 18.7. The van der Waals surface area contributed by atoms with E-state index >= 15 is 0 Å². The molecular formula is C18H12ClF3N2OS. The minimum absolute atomic E-state index is 0.0907. The number of amides is 1. The van der Waals surface area contributed by atoms with Gasteiger partial charge < -0.3 is 4.57 Å². The highest BCUT2D eigenvalue weighted by Gasteiger charge is 2.16. The highest BCUT2D eigenvalue weighted by atomic mass is 35.5. The van der Waals surface area contributed by atoms with Gasteiger partial charge >= 0.3 is 0 Å². The summed E-state index contributed by atoms with van der Waals surface area (Å²) >= 11 is 6.71. The minimum Gasteiger partial charge on any atom is -0.313 e. The third kappa shape index (κ3) is 3.41. The van der Waals surface area contributed by atoms with Crippen LogP contribution >= 0.6 is 22.9 Å². The fraction of sp³-hybridized carbons (Fsp3) is 0.111. The van der Waals surface area contributed by atoms with E-state index in [1.807, 2.05) is 0 Å². The summed E-state index contributed by atoms with van der Waals surface area (Å²) in [6.07, 6.45) is 0.342. The molecule has 0 saturated heterocycles. The molecule has 0 fully saturated rings. The zero-order valence-electron chi connectivity index (χ0n) is 13.3. The van der Waals surface area contributed by atoms with Gasteiger partial charge in [-0.2, -0.15) is 4.99 Å². The van der Waals surface area contributed by atoms with Crippen molar-refractivity contribution in [1.82, 2.24) is 4.57 Å². The van der Waals surface area contributed by atoms with Gasteiger partial charge in [0.05, 0.1) is 15.2 Å². The normalized spacial score (nSPS) is 13.4. The Morgan fingerprint density at radius 3 is 2.54 bits per heavy atom. The molecule has 1 atom stereocenters. The van der Waals surface area contributed by atoms with E-state index < -0.39 is 29.4 Å². The number of carbonyl (C=O) groups excluding carboxylic acids is 1. The second-order valence-electron chi connectivity index (χ2n) is 5.48. The predicted molar refractivity (Wildman–Crippen MR) is 95.4 cm³/mol. The van der Waals surface area contributed by atoms with Crippen LogP contribution in [0.2, 0.25) is 5.02 Å². The number of halogens is 4. The van der Waals surface area contributed by atoms with Gasteiger partial charge in [0.2, 0.25) is 0 Å². The summed E-state index contributed by atoms with van der Waals surface area (Å²) in [4.78, 5) is 16.6. The number of carbonyl (C=O) groups is 1. The lowest BCUT2D eigenvalue weighted by atomic mass is 10.2. The maximum atomic E-state index is 13.6. The Morgan fingerprint density at radius 1 is 1.19 bits per heavy atom. The van der Waals surface area contributed by atoms with E-state index in [0.29, 0.717) is 16.6 Å². The van der Waals surface area contributed by atoms with Gasteiger partial charge in [-0.05, 0) is 37.6 Å². The Bertz CT molecular complexity index is 1070. The van der Waals surface area contributed by atoms with Gasteiger partial charge in [-0.3, -0.25) is 4.79 Å². The Kier molecular flexibility index (Phi) is 5.20. The number of fused-ring (bicyclic) bond motifs is 1. The average Bonchev–Trinajstić information content (AvgIpc) is 2.93. The monoisotopic (exact) mass is 396 g/mol. The molecule has 0 bridgehead atoms. The van der Waals surface area contributed by atoms with Crippen LogP contribution in [0, 0.1) is 31.3 Å². The number of hydrogen-bond acceptors (Lipinski definition) is 2. The number of thiazole rings is 1. The molecule has 26 heavy (non-hydrogen) atoms. The molecule has 1 heterocycles. The summed E-state index contributed by atoms with van der Waals surface area (Å²) < 4.78 is 42.4. The number of benzene rings is 2. The van der Waals surface area contributed by atoms with E-state index in [9.17, 15) is 18.0 Å². The summed E-state index contributed by atoms with van der Waals surface area (Å²) in [6.45, 7) is 7.67. The van der Waals surface area contributed by atoms with Crippen molar-refractivity contribution in [3.8, 4) is 0 Å². The molecule has 0 saturated carbocycles. The third-order valence-corrected chi connectivity index (χ3v) is 5.04. The molecule has 1 unspecified atom stereocenters. The Morgan fingerprint density at radius 2 is 1.88 bits per heavy atom. The molecule has 134 valence electrons. The van der Waals surface area contributed by atoms with Crippen molar-refractivity contribution in [3.63, 3.8) is 0 Å². The van der Waals surface area contributed by atoms with Crippen LogP contribution < -0.4 is 4.80 Å². The highest BCUT2D eigenvalue weighted by molar-refractivity contribution is 7.16. The fourth-order valence-corrected chi connectivity index (χ4v) is 3.65. The van der Waals surface area contributed by atoms with E-state index in [4.69, 9.17) is 11.6 Å². The number of hydrogen-bond donors (Lipinski definition) is 0. The summed E-state index contributed by atoms with van der Waals surface area (Å²) in [6, 6.07) is 5.12. The molecule has 3 rings (SSSR count). The van der Waals surface area contributed by atoms with Crippen LogP contribution in [0.5, 0.6) is 0 Å². The fourth-order valence-electron chi connectivity index (χ4n) is 2.38. The third-order valence-electron chi connectivity index (χ3n) is 3.73. The van der Waals surface area contributed by atoms with Crippen molar-refractivity contribution < 1.29 is 18.0 Å². The minimum atomic E-state index is -1.01. The number of aromatic nitrogens is 1. The molecule has 3 nitrogen and oxygen atoms in total. The second kappa shape index (κ2) is 7.25. The zero-order chi connectivity index (χ0) is 19.0. The van der Waals surface area contributed by atoms with E-state index in [2.05, 4.69) is 18.8 Å². The van der Waals surface area contributed by atoms with Gasteiger partial charge in [0.15, 0.2) is 16.4 Å². The Balaban J connectivity index is 2.20. The van der Waals surface area contributed by atoms with Crippen molar-refractivity contribution in [2.45, 2.75) is 12.5 Å². The van der Waals surface area contributed by atoms with Crippen molar-refractivity contribution >= 4 is 39.1 Å². The van der Waals surface area contributed by atoms with Gasteiger partial charge in [0.1, 0.15) is 5.82 Å². The maximum Gasteiger partial charge on any atom is 0.279 e. The maximum absolute atomic E-state index is 13.6. The second-order valence-corrected chi connectivity index (χ2v) is 6.89. The molecule has 1 aromatic heterocycles. The summed E-state index contributed by atoms with van der Waals surface area (Å²) in [7, 11) is 0. The molecular weight excluding hydrogens is 385 g/mol. The molecule has 2 aromatic carbocycles. The summed E-state index contributed by atoms with van der Waals surface area (Å²) in [5.41, 5.74) is 0.453. The summed E-state index contributed by atoms with van der Waals surface area (Å²) in [5.74, 6) is -3.32. The smallest absolute Gasteiger partial charge is 0.279 e. The highest BCUT2D eigenvalue weighted by Crippen LogP contribution is 2.25. The SMILES string of the molecule is [CH2]CC([CH2])n1c(=NC(=O)c2ccc(F)c(Cl)c2)sc2cc(F)c(F)cc21. The molecule has 0 aliphatic heterocycles. The van der Waals surface area contributed by atoms with Crippen LogP contribution in [-0.2, 0) is 0 Å². The van der Waals surface area contributed by atoms with E-state index in [-0.39, 0.29) is 15.4 Å². The van der Waals surface area contributed by atoms with Gasteiger partial charge in [-0.25, -0.2) is 13.2 Å². The predicted octanol–water partition coefficient (Wildman–Crippen LogP) is 5.11. The molecule has 0 aliphatic rings. The van der Waals surface area contributed by atoms with Crippen molar-refractivity contribution in [2.24, 2.45) is 4.99 Å². The van der Waals surface area contributed by atoms with Crippen LogP contribution in [-0.4, -0.2) is 10.5 Å². The zero-order valence-corrected chi connectivity index (χ0v) is 14.9. The lowest BCUT2D eigenvalue weighted by Gasteiger charge is -2.12. The van der Waals surface area contributed by atoms with E-state index in [1.165, 1.54) is 16.7 Å². The van der Waals surface area contributed by atoms with E-state index in [0.717, 1.165) is 29.5 Å². The molecule has 0 spiro atoms. The lowest BCUT2D eigenvalue weighted by Crippen LogP contribution is -2.20. The van der Waals surface area contributed by atoms with Gasteiger partial charge in [-0.1, -0.05) is 29.9 Å². The van der Waals surface area contributed by atoms with Gasteiger partial charge in [-0.15, -0.1) is 0 Å². The van der Waals surface area contributed by atoms with Gasteiger partial charge in [0.25, 0.3) is 5.91 Å². The summed E-state index contributed by atoms with van der Waals surface area (Å²) in [5, 5.41) is -0.202. The first-order valence-electron chi connectivity index (χ1n) is 7.48.